The van der Waals surface area contributed by atoms with Crippen molar-refractivity contribution in [1.29, 1.82) is 0 Å². The van der Waals surface area contributed by atoms with Crippen LogP contribution in [0.5, 0.6) is 5.88 Å². The first-order valence-electron chi connectivity index (χ1n) is 4.26. The van der Waals surface area contributed by atoms with Crippen molar-refractivity contribution in [2.75, 3.05) is 12.3 Å². The van der Waals surface area contributed by atoms with Crippen LogP contribution in [0.25, 0.3) is 5.52 Å². The second-order valence-corrected chi connectivity index (χ2v) is 2.93. The van der Waals surface area contributed by atoms with E-state index in [0.29, 0.717) is 11.2 Å². The summed E-state index contributed by atoms with van der Waals surface area (Å²) in [6.07, 6.45) is 1.71. The highest BCUT2D eigenvalue weighted by molar-refractivity contribution is 5.85. The number of carboxylic acids is 1. The molecule has 16 heavy (non-hydrogen) atoms. The van der Waals surface area contributed by atoms with Crippen LogP contribution in [0.15, 0.2) is 24.4 Å². The first-order valence-corrected chi connectivity index (χ1v) is 4.26. The second-order valence-electron chi connectivity index (χ2n) is 2.93. The van der Waals surface area contributed by atoms with Gasteiger partial charge in [0.25, 0.3) is 5.88 Å². The first kappa shape index (κ1) is 12.1. The summed E-state index contributed by atoms with van der Waals surface area (Å²) in [5.41, 5.74) is 6.76. The van der Waals surface area contributed by atoms with Crippen molar-refractivity contribution in [3.05, 3.63) is 24.4 Å². The number of fused-ring (bicyclic) bond motifs is 1. The monoisotopic (exact) mass is 243 g/mol. The minimum absolute atomic E-state index is 0. The van der Waals surface area contributed by atoms with Crippen LogP contribution < -0.4 is 10.5 Å². The summed E-state index contributed by atoms with van der Waals surface area (Å²) < 4.78 is 6.46. The summed E-state index contributed by atoms with van der Waals surface area (Å²) in [5, 5.41) is 12.4. The van der Waals surface area contributed by atoms with Crippen LogP contribution in [0, 0.1) is 0 Å². The van der Waals surface area contributed by atoms with Crippen molar-refractivity contribution in [1.82, 2.24) is 9.61 Å². The molecule has 0 amide bonds. The van der Waals surface area contributed by atoms with Gasteiger partial charge in [0.15, 0.2) is 6.61 Å². The topological polar surface area (TPSA) is 89.8 Å². The molecule has 6 nitrogen and oxygen atoms in total. The summed E-state index contributed by atoms with van der Waals surface area (Å²) in [4.78, 5) is 10.3. The van der Waals surface area contributed by atoms with E-state index < -0.39 is 12.6 Å². The maximum Gasteiger partial charge on any atom is 0.341 e. The third kappa shape index (κ3) is 2.17. The van der Waals surface area contributed by atoms with Gasteiger partial charge in [-0.15, -0.1) is 17.5 Å². The van der Waals surface area contributed by atoms with E-state index in [9.17, 15) is 4.79 Å². The van der Waals surface area contributed by atoms with Gasteiger partial charge in [-0.2, -0.15) is 0 Å². The number of carboxylic acid groups (broad SMARTS) is 1. The van der Waals surface area contributed by atoms with Gasteiger partial charge >= 0.3 is 5.97 Å². The van der Waals surface area contributed by atoms with E-state index in [4.69, 9.17) is 15.6 Å². The minimum Gasteiger partial charge on any atom is -0.479 e. The molecule has 0 aromatic carbocycles. The summed E-state index contributed by atoms with van der Waals surface area (Å²) in [6.45, 7) is -0.450. The number of ether oxygens (including phenoxy) is 1. The molecule has 3 N–H and O–H groups in total. The van der Waals surface area contributed by atoms with Crippen molar-refractivity contribution in [2.24, 2.45) is 0 Å². The molecule has 0 saturated carbocycles. The highest BCUT2D eigenvalue weighted by Crippen LogP contribution is 2.24. The zero-order valence-electron chi connectivity index (χ0n) is 8.16. The molecule has 2 rings (SSSR count). The van der Waals surface area contributed by atoms with Crippen molar-refractivity contribution < 1.29 is 14.6 Å². The van der Waals surface area contributed by atoms with Crippen molar-refractivity contribution in [2.45, 2.75) is 0 Å². The van der Waals surface area contributed by atoms with Crippen LogP contribution >= 0.6 is 12.4 Å². The Hall–Kier alpha value is -1.95. The van der Waals surface area contributed by atoms with Gasteiger partial charge in [-0.05, 0) is 12.1 Å². The van der Waals surface area contributed by atoms with Crippen LogP contribution in [-0.4, -0.2) is 27.3 Å². The lowest BCUT2D eigenvalue weighted by Crippen LogP contribution is -2.10. The fourth-order valence-corrected chi connectivity index (χ4v) is 1.23. The number of pyridine rings is 1. The molecule has 0 aliphatic carbocycles. The number of nitrogens with two attached hydrogens (primary N) is 1. The summed E-state index contributed by atoms with van der Waals surface area (Å²) in [7, 11) is 0. The molecule has 2 aromatic heterocycles. The van der Waals surface area contributed by atoms with Crippen molar-refractivity contribution >= 4 is 29.6 Å². The zero-order valence-corrected chi connectivity index (χ0v) is 8.98. The Kier molecular flexibility index (Phi) is 3.57. The lowest BCUT2D eigenvalue weighted by atomic mass is 10.4. The Morgan fingerprint density at radius 1 is 1.56 bits per heavy atom. The van der Waals surface area contributed by atoms with E-state index in [1.807, 2.05) is 6.07 Å². The van der Waals surface area contributed by atoms with Crippen molar-refractivity contribution in [3.63, 3.8) is 0 Å². The largest absolute Gasteiger partial charge is 0.479 e. The number of anilines is 1. The number of rotatable bonds is 3. The van der Waals surface area contributed by atoms with Crippen LogP contribution in [0.3, 0.4) is 0 Å². The Labute approximate surface area is 97.0 Å². The standard InChI is InChI=1S/C9H9N3O3.ClH/c10-8-6-3-1-2-4-12(6)11-9(8)15-5-7(13)14;/h1-4H,5,10H2,(H,13,14);1H. The number of nitrogens with zero attached hydrogens (tertiary/aromatic N) is 2. The van der Waals surface area contributed by atoms with Gasteiger partial charge in [-0.3, -0.25) is 0 Å². The van der Waals surface area contributed by atoms with E-state index in [0.717, 1.165) is 0 Å². The molecule has 86 valence electrons. The maximum absolute atomic E-state index is 10.3. The summed E-state index contributed by atoms with van der Waals surface area (Å²) in [5.74, 6) is -0.921. The summed E-state index contributed by atoms with van der Waals surface area (Å²) >= 11 is 0. The van der Waals surface area contributed by atoms with Crippen LogP contribution in [0.1, 0.15) is 0 Å². The third-order valence-electron chi connectivity index (χ3n) is 1.88. The zero-order chi connectivity index (χ0) is 10.8. The molecule has 2 aromatic rings. The number of hydrogen-bond donors (Lipinski definition) is 2. The minimum atomic E-state index is -1.06. The normalized spacial score (nSPS) is 9.75. The Morgan fingerprint density at radius 3 is 2.94 bits per heavy atom. The van der Waals surface area contributed by atoms with E-state index >= 15 is 0 Å². The van der Waals surface area contributed by atoms with E-state index in [1.54, 1.807) is 18.3 Å². The van der Waals surface area contributed by atoms with Crippen LogP contribution in [0.4, 0.5) is 5.69 Å². The maximum atomic E-state index is 10.3. The molecule has 0 bridgehead atoms. The molecule has 0 aliphatic rings. The number of halogens is 1. The molecule has 0 spiro atoms. The Balaban J connectivity index is 0.00000128. The number of aliphatic carboxylic acids is 1. The average molecular weight is 244 g/mol. The second kappa shape index (κ2) is 4.71. The predicted octanol–water partition coefficient (Wildman–Crippen LogP) is 0.802. The van der Waals surface area contributed by atoms with E-state index in [2.05, 4.69) is 5.10 Å². The molecule has 0 atom stereocenters. The Morgan fingerprint density at radius 2 is 2.31 bits per heavy atom. The number of nitrogen functional groups attached to an aromatic ring is 1. The molecule has 0 radical (unpaired) electrons. The summed E-state index contributed by atoms with van der Waals surface area (Å²) in [6, 6.07) is 5.38. The smallest absolute Gasteiger partial charge is 0.341 e. The van der Waals surface area contributed by atoms with Gasteiger partial charge in [0, 0.05) is 6.20 Å². The van der Waals surface area contributed by atoms with Crippen LogP contribution in [-0.2, 0) is 4.79 Å². The van der Waals surface area contributed by atoms with Gasteiger partial charge in [0.2, 0.25) is 0 Å². The predicted molar refractivity (Wildman–Crippen MR) is 60.0 cm³/mol. The van der Waals surface area contributed by atoms with Gasteiger partial charge in [0.05, 0.1) is 5.52 Å². The molecular weight excluding hydrogens is 234 g/mol. The molecule has 2 heterocycles. The number of aromatic nitrogens is 2. The fraction of sp³-hybridized carbons (Fsp3) is 0.111. The molecule has 0 unspecified atom stereocenters. The van der Waals surface area contributed by atoms with Crippen LogP contribution in [0.2, 0.25) is 0 Å². The van der Waals surface area contributed by atoms with E-state index in [-0.39, 0.29) is 18.3 Å². The molecule has 0 aliphatic heterocycles. The SMILES string of the molecule is Cl.Nc1c(OCC(=O)O)nn2ccccc12. The van der Waals surface area contributed by atoms with E-state index in [1.165, 1.54) is 4.52 Å². The molecule has 0 fully saturated rings. The molecular formula is C9H10ClN3O3. The first-order chi connectivity index (χ1) is 7.18. The van der Waals surface area contributed by atoms with Gasteiger partial charge in [0.1, 0.15) is 5.69 Å². The van der Waals surface area contributed by atoms with Gasteiger partial charge in [-0.25, -0.2) is 9.31 Å². The highest BCUT2D eigenvalue weighted by Gasteiger charge is 2.11. The quantitative estimate of drug-likeness (QED) is 0.832. The Bertz CT molecular complexity index is 512. The molecule has 0 saturated heterocycles. The fourth-order valence-electron chi connectivity index (χ4n) is 1.23. The number of carbonyl (C=O) groups is 1. The lowest BCUT2D eigenvalue weighted by Gasteiger charge is -1.97. The van der Waals surface area contributed by atoms with Gasteiger partial charge < -0.3 is 15.6 Å². The molecule has 7 heteroatoms. The lowest BCUT2D eigenvalue weighted by molar-refractivity contribution is -0.139. The average Bonchev–Trinajstić information content (AvgIpc) is 2.54. The number of hydrogen-bond acceptors (Lipinski definition) is 4. The van der Waals surface area contributed by atoms with Gasteiger partial charge in [-0.1, -0.05) is 6.07 Å². The van der Waals surface area contributed by atoms with Crippen molar-refractivity contribution in [3.8, 4) is 5.88 Å². The third-order valence-corrected chi connectivity index (χ3v) is 1.88. The highest BCUT2D eigenvalue weighted by atomic mass is 35.5.